The van der Waals surface area contributed by atoms with Gasteiger partial charge in [0.15, 0.2) is 0 Å². The molecule has 0 aromatic heterocycles. The zero-order valence-electron chi connectivity index (χ0n) is 6.68. The van der Waals surface area contributed by atoms with Gasteiger partial charge in [0.2, 0.25) is 0 Å². The summed E-state index contributed by atoms with van der Waals surface area (Å²) in [6.07, 6.45) is 8.18. The van der Waals surface area contributed by atoms with E-state index in [0.29, 0.717) is 0 Å². The van der Waals surface area contributed by atoms with E-state index in [4.69, 9.17) is 0 Å². The van der Waals surface area contributed by atoms with E-state index in [1.165, 1.54) is 6.08 Å². The van der Waals surface area contributed by atoms with Crippen molar-refractivity contribution in [1.29, 1.82) is 0 Å². The van der Waals surface area contributed by atoms with Gasteiger partial charge in [0, 0.05) is 0 Å². The molecule has 0 N–H and O–H groups in total. The third kappa shape index (κ3) is 15.7. The van der Waals surface area contributed by atoms with Gasteiger partial charge in [-0.05, 0) is 0 Å². The summed E-state index contributed by atoms with van der Waals surface area (Å²) in [6.45, 7) is 7.04. The molecule has 0 aromatic rings. The Morgan fingerprint density at radius 2 is 1.80 bits per heavy atom. The molecule has 0 saturated carbocycles. The van der Waals surface area contributed by atoms with Crippen LogP contribution in [0.15, 0.2) is 37.0 Å². The van der Waals surface area contributed by atoms with E-state index in [9.17, 15) is 4.39 Å². The lowest BCUT2D eigenvalue weighted by Crippen LogP contribution is -1.56. The van der Waals surface area contributed by atoms with Gasteiger partial charge in [-0.15, -0.1) is 0 Å². The van der Waals surface area contributed by atoms with Gasteiger partial charge in [0.1, 0.15) is 6.67 Å². The maximum Gasteiger partial charge on any atom is 0.108 e. The molecule has 0 rings (SSSR count). The summed E-state index contributed by atoms with van der Waals surface area (Å²) in [5.41, 5.74) is 0. The molecule has 1 heteroatoms. The summed E-state index contributed by atoms with van der Waals surface area (Å²) in [7, 11) is 0. The minimum Gasteiger partial charge on any atom is -0.247 e. The first kappa shape index (κ1) is 11.9. The number of halogens is 1. The lowest BCUT2D eigenvalue weighted by atomic mass is 10.4. The van der Waals surface area contributed by atoms with Crippen LogP contribution in [0, 0.1) is 0 Å². The summed E-state index contributed by atoms with van der Waals surface area (Å²) >= 11 is 0. The van der Waals surface area contributed by atoms with Crippen LogP contribution in [-0.4, -0.2) is 6.67 Å². The molecule has 0 saturated heterocycles. The molecule has 0 heterocycles. The van der Waals surface area contributed by atoms with Gasteiger partial charge in [-0.1, -0.05) is 50.8 Å². The van der Waals surface area contributed by atoms with Gasteiger partial charge in [0.25, 0.3) is 0 Å². The minimum atomic E-state index is -0.401. The average molecular weight is 142 g/mol. The van der Waals surface area contributed by atoms with Gasteiger partial charge in [0.05, 0.1) is 0 Å². The Morgan fingerprint density at radius 1 is 1.20 bits per heavy atom. The fourth-order valence-corrected chi connectivity index (χ4v) is 0.273. The number of hydrogen-bond donors (Lipinski definition) is 0. The Balaban J connectivity index is 0. The number of hydrogen-bond acceptors (Lipinski definition) is 0. The third-order valence-electron chi connectivity index (χ3n) is 0.583. The first-order valence-electron chi connectivity index (χ1n) is 3.42. The van der Waals surface area contributed by atoms with Crippen LogP contribution in [-0.2, 0) is 0 Å². The zero-order valence-corrected chi connectivity index (χ0v) is 6.68. The lowest BCUT2D eigenvalue weighted by molar-refractivity contribution is 0.562. The highest BCUT2D eigenvalue weighted by Crippen LogP contribution is 1.77. The molecule has 0 aromatic carbocycles. The van der Waals surface area contributed by atoms with E-state index in [-0.39, 0.29) is 0 Å². The summed E-state index contributed by atoms with van der Waals surface area (Å²) < 4.78 is 11.3. The molecule has 0 atom stereocenters. The lowest BCUT2D eigenvalue weighted by Gasteiger charge is -1.69. The summed E-state index contributed by atoms with van der Waals surface area (Å²) in [4.78, 5) is 0. The Hall–Kier alpha value is -0.850. The van der Waals surface area contributed by atoms with E-state index < -0.39 is 6.67 Å². The van der Waals surface area contributed by atoms with Crippen LogP contribution in [0.5, 0.6) is 0 Å². The Labute approximate surface area is 62.8 Å². The Morgan fingerprint density at radius 3 is 2.20 bits per heavy atom. The van der Waals surface area contributed by atoms with Crippen molar-refractivity contribution in [3.8, 4) is 0 Å². The molecule has 0 aliphatic rings. The van der Waals surface area contributed by atoms with Crippen LogP contribution in [0.4, 0.5) is 4.39 Å². The van der Waals surface area contributed by atoms with Crippen LogP contribution in [0.1, 0.15) is 13.8 Å². The van der Waals surface area contributed by atoms with Crippen molar-refractivity contribution >= 4 is 0 Å². The van der Waals surface area contributed by atoms with E-state index in [1.807, 2.05) is 13.8 Å². The van der Waals surface area contributed by atoms with E-state index in [1.54, 1.807) is 24.3 Å². The molecule has 0 aliphatic carbocycles. The minimum absolute atomic E-state index is 0.401. The normalized spacial score (nSPS) is 9.50. The highest BCUT2D eigenvalue weighted by atomic mass is 19.1. The summed E-state index contributed by atoms with van der Waals surface area (Å²) in [5, 5.41) is 0. The van der Waals surface area contributed by atoms with Crippen molar-refractivity contribution in [2.24, 2.45) is 0 Å². The SMILES string of the molecule is C=C/C=C\C=C/CF.CC. The molecule has 0 aliphatic heterocycles. The first-order chi connectivity index (χ1) is 4.91. The standard InChI is InChI=1S/C7H9F.C2H6/c1-2-3-4-5-6-7-8;1-2/h2-6H,1,7H2;1-2H3/b4-3-,6-5-;. The fraction of sp³-hybridized carbons (Fsp3) is 0.333. The molecular formula is C9H15F. The quantitative estimate of drug-likeness (QED) is 0.530. The predicted molar refractivity (Wildman–Crippen MR) is 45.8 cm³/mol. The van der Waals surface area contributed by atoms with Crippen LogP contribution in [0.3, 0.4) is 0 Å². The van der Waals surface area contributed by atoms with E-state index in [0.717, 1.165) is 0 Å². The van der Waals surface area contributed by atoms with Crippen molar-refractivity contribution in [2.75, 3.05) is 6.67 Å². The first-order valence-corrected chi connectivity index (χ1v) is 3.42. The largest absolute Gasteiger partial charge is 0.247 e. The fourth-order valence-electron chi connectivity index (χ4n) is 0.273. The molecule has 0 unspecified atom stereocenters. The average Bonchev–Trinajstić information content (AvgIpc) is 2.02. The highest BCUT2D eigenvalue weighted by Gasteiger charge is 1.61. The molecule has 0 spiro atoms. The molecule has 0 nitrogen and oxygen atoms in total. The molecule has 58 valence electrons. The van der Waals surface area contributed by atoms with Gasteiger partial charge >= 0.3 is 0 Å². The number of allylic oxidation sites excluding steroid dienone is 5. The molecule has 0 radical (unpaired) electrons. The number of rotatable bonds is 3. The van der Waals surface area contributed by atoms with Crippen molar-refractivity contribution in [3.63, 3.8) is 0 Å². The summed E-state index contributed by atoms with van der Waals surface area (Å²) in [6, 6.07) is 0. The molecule has 0 fully saturated rings. The topological polar surface area (TPSA) is 0 Å². The van der Waals surface area contributed by atoms with E-state index >= 15 is 0 Å². The van der Waals surface area contributed by atoms with Crippen LogP contribution < -0.4 is 0 Å². The molecular weight excluding hydrogens is 127 g/mol. The second kappa shape index (κ2) is 15.7. The zero-order chi connectivity index (χ0) is 8.24. The monoisotopic (exact) mass is 142 g/mol. The van der Waals surface area contributed by atoms with Gasteiger partial charge in [-0.2, -0.15) is 0 Å². The van der Waals surface area contributed by atoms with Crippen molar-refractivity contribution in [1.82, 2.24) is 0 Å². The van der Waals surface area contributed by atoms with Crippen molar-refractivity contribution in [2.45, 2.75) is 13.8 Å². The van der Waals surface area contributed by atoms with Crippen LogP contribution in [0.25, 0.3) is 0 Å². The van der Waals surface area contributed by atoms with Crippen LogP contribution >= 0.6 is 0 Å². The van der Waals surface area contributed by atoms with E-state index in [2.05, 4.69) is 6.58 Å². The van der Waals surface area contributed by atoms with Crippen molar-refractivity contribution < 1.29 is 4.39 Å². The molecule has 0 amide bonds. The second-order valence-electron chi connectivity index (χ2n) is 1.20. The maximum atomic E-state index is 11.3. The summed E-state index contributed by atoms with van der Waals surface area (Å²) in [5.74, 6) is 0. The van der Waals surface area contributed by atoms with Crippen molar-refractivity contribution in [3.05, 3.63) is 37.0 Å². The van der Waals surface area contributed by atoms with Crippen LogP contribution in [0.2, 0.25) is 0 Å². The third-order valence-corrected chi connectivity index (χ3v) is 0.583. The predicted octanol–water partition coefficient (Wildman–Crippen LogP) is 3.28. The maximum absolute atomic E-state index is 11.3. The Bertz CT molecular complexity index is 101. The Kier molecular flexibility index (Phi) is 18.7. The molecule has 10 heavy (non-hydrogen) atoms. The highest BCUT2D eigenvalue weighted by molar-refractivity contribution is 5.08. The number of alkyl halides is 1. The molecule has 0 bridgehead atoms. The van der Waals surface area contributed by atoms with Gasteiger partial charge < -0.3 is 0 Å². The smallest absolute Gasteiger partial charge is 0.108 e. The van der Waals surface area contributed by atoms with Gasteiger partial charge in [-0.25, -0.2) is 4.39 Å². The second-order valence-corrected chi connectivity index (χ2v) is 1.20. The van der Waals surface area contributed by atoms with Gasteiger partial charge in [-0.3, -0.25) is 0 Å².